The highest BCUT2D eigenvalue weighted by molar-refractivity contribution is 7.98. The Morgan fingerprint density at radius 3 is 2.21 bits per heavy atom. The topological polar surface area (TPSA) is 40.6 Å². The number of aromatic nitrogens is 1. The van der Waals surface area contributed by atoms with Crippen LogP contribution in [0.25, 0.3) is 0 Å². The molecule has 0 atom stereocenters. The molecule has 0 spiro atoms. The molecule has 1 aromatic heterocycles. The first-order valence-electron chi connectivity index (χ1n) is 6.25. The molecule has 0 amide bonds. The molecule has 0 unspecified atom stereocenters. The van der Waals surface area contributed by atoms with Gasteiger partial charge in [-0.05, 0) is 40.0 Å². The summed E-state index contributed by atoms with van der Waals surface area (Å²) < 4.78 is 17.4. The maximum absolute atomic E-state index is 6.02. The summed E-state index contributed by atoms with van der Waals surface area (Å²) in [4.78, 5) is 4.43. The minimum atomic E-state index is -0.441. The average molecular weight is 281 g/mol. The van der Waals surface area contributed by atoms with Crippen molar-refractivity contribution in [3.05, 3.63) is 12.1 Å². The maximum Gasteiger partial charge on any atom is 0.500 e. The van der Waals surface area contributed by atoms with Crippen molar-refractivity contribution in [1.82, 2.24) is 4.98 Å². The van der Waals surface area contributed by atoms with Gasteiger partial charge in [0.2, 0.25) is 5.88 Å². The predicted octanol–water partition coefficient (Wildman–Crippen LogP) is 2.11. The van der Waals surface area contributed by atoms with E-state index in [-0.39, 0.29) is 11.2 Å². The summed E-state index contributed by atoms with van der Waals surface area (Å²) in [6, 6.07) is 3.91. The molecule has 104 valence electrons. The second kappa shape index (κ2) is 5.00. The Labute approximate surface area is 119 Å². The van der Waals surface area contributed by atoms with Crippen LogP contribution in [0.3, 0.4) is 0 Å². The Hall–Kier alpha value is -0.715. The molecule has 1 saturated heterocycles. The van der Waals surface area contributed by atoms with E-state index in [0.29, 0.717) is 5.88 Å². The SMILES string of the molecule is COc1nc(SC)ccc1B1OC(C)(C)C(C)(C)O1. The van der Waals surface area contributed by atoms with Crippen LogP contribution in [-0.4, -0.2) is 36.7 Å². The van der Waals surface area contributed by atoms with E-state index in [0.717, 1.165) is 10.5 Å². The van der Waals surface area contributed by atoms with Gasteiger partial charge in [-0.25, -0.2) is 4.98 Å². The number of pyridine rings is 1. The molecule has 1 aliphatic rings. The van der Waals surface area contributed by atoms with E-state index in [4.69, 9.17) is 14.0 Å². The second-order valence-electron chi connectivity index (χ2n) is 5.54. The van der Waals surface area contributed by atoms with Crippen LogP contribution in [-0.2, 0) is 9.31 Å². The van der Waals surface area contributed by atoms with Gasteiger partial charge in [0.15, 0.2) is 0 Å². The molecule has 2 rings (SSSR count). The molecule has 6 heteroatoms. The normalized spacial score (nSPS) is 20.6. The van der Waals surface area contributed by atoms with Crippen LogP contribution >= 0.6 is 11.8 Å². The van der Waals surface area contributed by atoms with Crippen molar-refractivity contribution in [3.63, 3.8) is 0 Å². The van der Waals surface area contributed by atoms with E-state index in [1.807, 2.05) is 46.1 Å². The molecule has 1 fully saturated rings. The molecule has 0 saturated carbocycles. The fourth-order valence-electron chi connectivity index (χ4n) is 1.86. The quantitative estimate of drug-likeness (QED) is 0.627. The van der Waals surface area contributed by atoms with Crippen LogP contribution in [0.1, 0.15) is 27.7 Å². The second-order valence-corrected chi connectivity index (χ2v) is 6.37. The van der Waals surface area contributed by atoms with Crippen LogP contribution in [0, 0.1) is 0 Å². The number of methoxy groups -OCH3 is 1. The molecule has 1 aromatic rings. The highest BCUT2D eigenvalue weighted by Gasteiger charge is 2.52. The smallest absolute Gasteiger partial charge is 0.481 e. The van der Waals surface area contributed by atoms with E-state index < -0.39 is 7.12 Å². The van der Waals surface area contributed by atoms with Crippen molar-refractivity contribution < 1.29 is 14.0 Å². The van der Waals surface area contributed by atoms with E-state index >= 15 is 0 Å². The van der Waals surface area contributed by atoms with Crippen molar-refractivity contribution in [2.45, 2.75) is 43.9 Å². The predicted molar refractivity (Wildman–Crippen MR) is 78.3 cm³/mol. The zero-order chi connectivity index (χ0) is 14.3. The summed E-state index contributed by atoms with van der Waals surface area (Å²) in [6.45, 7) is 8.12. The summed E-state index contributed by atoms with van der Waals surface area (Å²) in [5.41, 5.74) is 0.112. The van der Waals surface area contributed by atoms with Crippen molar-refractivity contribution >= 4 is 24.3 Å². The fraction of sp³-hybridized carbons (Fsp3) is 0.615. The van der Waals surface area contributed by atoms with E-state index in [1.165, 1.54) is 0 Å². The third-order valence-electron chi connectivity index (χ3n) is 3.77. The molecule has 4 nitrogen and oxygen atoms in total. The first kappa shape index (κ1) is 14.7. The third kappa shape index (κ3) is 2.62. The van der Waals surface area contributed by atoms with E-state index in [1.54, 1.807) is 18.9 Å². The molecule has 0 radical (unpaired) electrons. The first-order valence-corrected chi connectivity index (χ1v) is 7.48. The molecule has 0 aromatic carbocycles. The van der Waals surface area contributed by atoms with Gasteiger partial charge in [0.05, 0.1) is 23.3 Å². The van der Waals surface area contributed by atoms with Gasteiger partial charge in [-0.15, -0.1) is 11.8 Å². The van der Waals surface area contributed by atoms with Gasteiger partial charge in [-0.1, -0.05) is 6.07 Å². The van der Waals surface area contributed by atoms with Crippen molar-refractivity contribution in [1.29, 1.82) is 0 Å². The Balaban J connectivity index is 2.34. The monoisotopic (exact) mass is 281 g/mol. The van der Waals surface area contributed by atoms with Gasteiger partial charge in [-0.3, -0.25) is 0 Å². The summed E-state index contributed by atoms with van der Waals surface area (Å²) in [5.74, 6) is 0.561. The van der Waals surface area contributed by atoms with Crippen molar-refractivity contribution in [2.75, 3.05) is 13.4 Å². The van der Waals surface area contributed by atoms with Gasteiger partial charge in [0.1, 0.15) is 0 Å². The Morgan fingerprint density at radius 1 is 1.16 bits per heavy atom. The highest BCUT2D eigenvalue weighted by Crippen LogP contribution is 2.37. The number of ether oxygens (including phenoxy) is 1. The molecule has 0 N–H and O–H groups in total. The van der Waals surface area contributed by atoms with Crippen molar-refractivity contribution in [2.24, 2.45) is 0 Å². The summed E-state index contributed by atoms with van der Waals surface area (Å²) in [5, 5.41) is 0.914. The van der Waals surface area contributed by atoms with Crippen LogP contribution in [0.5, 0.6) is 5.88 Å². The van der Waals surface area contributed by atoms with Gasteiger partial charge in [0.25, 0.3) is 0 Å². The van der Waals surface area contributed by atoms with Crippen molar-refractivity contribution in [3.8, 4) is 5.88 Å². The van der Waals surface area contributed by atoms with Crippen LogP contribution < -0.4 is 10.2 Å². The maximum atomic E-state index is 6.02. The molecule has 0 bridgehead atoms. The molecular weight excluding hydrogens is 261 g/mol. The van der Waals surface area contributed by atoms with Gasteiger partial charge >= 0.3 is 7.12 Å². The highest BCUT2D eigenvalue weighted by atomic mass is 32.2. The first-order chi connectivity index (χ1) is 8.80. The molecule has 1 aliphatic heterocycles. The fourth-order valence-corrected chi connectivity index (χ4v) is 2.24. The largest absolute Gasteiger partial charge is 0.500 e. The van der Waals surface area contributed by atoms with Crippen LogP contribution in [0.15, 0.2) is 17.2 Å². The number of hydrogen-bond donors (Lipinski definition) is 0. The van der Waals surface area contributed by atoms with Crippen LogP contribution in [0.4, 0.5) is 0 Å². The summed E-state index contributed by atoms with van der Waals surface area (Å²) in [7, 11) is 1.17. The Kier molecular flexibility index (Phi) is 3.86. The molecule has 2 heterocycles. The lowest BCUT2D eigenvalue weighted by Gasteiger charge is -2.32. The minimum absolute atomic E-state index is 0.360. The Bertz CT molecular complexity index is 463. The number of thioether (sulfide) groups is 1. The average Bonchev–Trinajstić information content (AvgIpc) is 2.57. The van der Waals surface area contributed by atoms with E-state index in [9.17, 15) is 0 Å². The third-order valence-corrected chi connectivity index (χ3v) is 4.42. The zero-order valence-electron chi connectivity index (χ0n) is 12.3. The molecule has 0 aliphatic carbocycles. The lowest BCUT2D eigenvalue weighted by molar-refractivity contribution is 0.00578. The number of nitrogens with zero attached hydrogens (tertiary/aromatic N) is 1. The molecule has 19 heavy (non-hydrogen) atoms. The zero-order valence-corrected chi connectivity index (χ0v) is 13.1. The summed E-state index contributed by atoms with van der Waals surface area (Å²) in [6.07, 6.45) is 1.98. The van der Waals surface area contributed by atoms with E-state index in [2.05, 4.69) is 4.98 Å². The van der Waals surface area contributed by atoms with Gasteiger partial charge in [-0.2, -0.15) is 0 Å². The summed E-state index contributed by atoms with van der Waals surface area (Å²) >= 11 is 1.58. The lowest BCUT2D eigenvalue weighted by atomic mass is 9.80. The van der Waals surface area contributed by atoms with Crippen LogP contribution in [0.2, 0.25) is 0 Å². The van der Waals surface area contributed by atoms with Gasteiger partial charge < -0.3 is 14.0 Å². The van der Waals surface area contributed by atoms with Gasteiger partial charge in [0, 0.05) is 5.46 Å². The molecular formula is C13H20BNO3S. The lowest BCUT2D eigenvalue weighted by Crippen LogP contribution is -2.41. The number of rotatable bonds is 3. The Morgan fingerprint density at radius 2 is 1.74 bits per heavy atom. The number of hydrogen-bond acceptors (Lipinski definition) is 5. The standard InChI is InChI=1S/C13H20BNO3S/c1-12(2)13(3,4)18-14(17-12)9-7-8-10(19-6)15-11(9)16-5/h7-8H,1-6H3. The minimum Gasteiger partial charge on any atom is -0.481 e.